The normalized spacial score (nSPS) is 16.0. The van der Waals surface area contributed by atoms with Gasteiger partial charge in [-0.25, -0.2) is 4.98 Å². The van der Waals surface area contributed by atoms with Crippen LogP contribution >= 0.6 is 11.5 Å². The van der Waals surface area contributed by atoms with E-state index in [0.717, 1.165) is 22.3 Å². The van der Waals surface area contributed by atoms with Crippen molar-refractivity contribution in [2.24, 2.45) is 0 Å². The van der Waals surface area contributed by atoms with Crippen molar-refractivity contribution in [3.63, 3.8) is 0 Å². The molecule has 1 unspecified atom stereocenters. The van der Waals surface area contributed by atoms with Crippen LogP contribution in [0, 0.1) is 17.0 Å². The molecule has 2 aromatic carbocycles. The van der Waals surface area contributed by atoms with Crippen LogP contribution in [0.3, 0.4) is 0 Å². The van der Waals surface area contributed by atoms with Crippen LogP contribution in [0.25, 0.3) is 0 Å². The van der Waals surface area contributed by atoms with Gasteiger partial charge < -0.3 is 14.5 Å². The molecule has 2 heterocycles. The first kappa shape index (κ1) is 22.7. The molecule has 0 aliphatic carbocycles. The molecule has 4 rings (SSSR count). The number of amides is 1. The van der Waals surface area contributed by atoms with Crippen LogP contribution < -0.4 is 9.64 Å². The van der Waals surface area contributed by atoms with E-state index in [1.54, 1.807) is 31.1 Å². The highest BCUT2D eigenvalue weighted by Crippen LogP contribution is 2.25. The van der Waals surface area contributed by atoms with Gasteiger partial charge in [-0.3, -0.25) is 14.9 Å². The van der Waals surface area contributed by atoms with Crippen LogP contribution in [0.4, 0.5) is 10.8 Å². The number of nitro groups is 1. The second kappa shape index (κ2) is 9.53. The lowest BCUT2D eigenvalue weighted by molar-refractivity contribution is -0.385. The molecule has 1 aliphatic rings. The number of aryl methyl sites for hydroxylation is 1. The predicted molar refractivity (Wildman–Crippen MR) is 126 cm³/mol. The van der Waals surface area contributed by atoms with Crippen molar-refractivity contribution in [2.45, 2.75) is 26.3 Å². The molecule has 0 radical (unpaired) electrons. The number of piperazine rings is 1. The van der Waals surface area contributed by atoms with E-state index >= 15 is 0 Å². The Morgan fingerprint density at radius 1 is 1.27 bits per heavy atom. The number of nitrogens with zero attached hydrogens (tertiary/aromatic N) is 5. The minimum absolute atomic E-state index is 0.0374. The molecular formula is C23H25N5O4S. The number of hydrogen-bond acceptors (Lipinski definition) is 8. The minimum atomic E-state index is -0.452. The second-order valence-corrected chi connectivity index (χ2v) is 8.80. The SMILES string of the molecule is COc1cccc(Cc2nsc(N3CCN(C(=O)c4ccc(C)c([N+](=O)[O-])c4)C(C)C3)n2)c1. The van der Waals surface area contributed by atoms with E-state index < -0.39 is 4.92 Å². The predicted octanol–water partition coefficient (Wildman–Crippen LogP) is 3.71. The van der Waals surface area contributed by atoms with Crippen LogP contribution in [0.1, 0.15) is 34.2 Å². The molecule has 1 saturated heterocycles. The monoisotopic (exact) mass is 467 g/mol. The Kier molecular flexibility index (Phi) is 6.55. The number of nitro benzene ring substituents is 1. The Balaban J connectivity index is 1.42. The first-order chi connectivity index (χ1) is 15.9. The highest BCUT2D eigenvalue weighted by atomic mass is 32.1. The summed E-state index contributed by atoms with van der Waals surface area (Å²) in [6.45, 7) is 5.39. The Morgan fingerprint density at radius 2 is 2.09 bits per heavy atom. The fourth-order valence-corrected chi connectivity index (χ4v) is 4.67. The molecule has 172 valence electrons. The molecule has 3 aromatic rings. The lowest BCUT2D eigenvalue weighted by Gasteiger charge is -2.39. The fraction of sp³-hybridized carbons (Fsp3) is 0.348. The zero-order valence-electron chi connectivity index (χ0n) is 18.7. The van der Waals surface area contributed by atoms with Gasteiger partial charge in [-0.1, -0.05) is 18.2 Å². The first-order valence-corrected chi connectivity index (χ1v) is 11.4. The van der Waals surface area contributed by atoms with E-state index in [4.69, 9.17) is 9.72 Å². The highest BCUT2D eigenvalue weighted by Gasteiger charge is 2.30. The van der Waals surface area contributed by atoms with E-state index in [1.165, 1.54) is 17.6 Å². The van der Waals surface area contributed by atoms with Crippen molar-refractivity contribution in [3.05, 3.63) is 75.1 Å². The van der Waals surface area contributed by atoms with Gasteiger partial charge in [0, 0.05) is 60.8 Å². The first-order valence-electron chi connectivity index (χ1n) is 10.6. The second-order valence-electron chi connectivity index (χ2n) is 8.07. The summed E-state index contributed by atoms with van der Waals surface area (Å²) in [6, 6.07) is 12.4. The number of aromatic nitrogens is 2. The van der Waals surface area contributed by atoms with Gasteiger partial charge in [0.05, 0.1) is 12.0 Å². The molecule has 1 fully saturated rings. The zero-order valence-corrected chi connectivity index (χ0v) is 19.5. The summed E-state index contributed by atoms with van der Waals surface area (Å²) in [5, 5.41) is 12.1. The summed E-state index contributed by atoms with van der Waals surface area (Å²) in [4.78, 5) is 32.4. The standard InChI is InChI=1S/C23H25N5O4S/c1-15-7-8-18(13-20(15)28(30)31)22(29)27-10-9-26(14-16(27)2)23-24-21(25-33-23)12-17-5-4-6-19(11-17)32-3/h4-8,11,13,16H,9-10,12,14H2,1-3H3. The topological polar surface area (TPSA) is 102 Å². The molecule has 0 bridgehead atoms. The van der Waals surface area contributed by atoms with Crippen LogP contribution in [0.2, 0.25) is 0 Å². The van der Waals surface area contributed by atoms with E-state index in [0.29, 0.717) is 37.2 Å². The van der Waals surface area contributed by atoms with E-state index in [9.17, 15) is 14.9 Å². The largest absolute Gasteiger partial charge is 0.497 e. The Labute approximate surface area is 195 Å². The molecule has 0 N–H and O–H groups in total. The quantitative estimate of drug-likeness (QED) is 0.402. The van der Waals surface area contributed by atoms with Gasteiger partial charge >= 0.3 is 0 Å². The number of benzene rings is 2. The molecular weight excluding hydrogens is 442 g/mol. The third-order valence-electron chi connectivity index (χ3n) is 5.77. The van der Waals surface area contributed by atoms with Crippen molar-refractivity contribution >= 4 is 28.3 Å². The van der Waals surface area contributed by atoms with Gasteiger partial charge in [-0.05, 0) is 37.6 Å². The third kappa shape index (κ3) is 4.95. The van der Waals surface area contributed by atoms with Crippen molar-refractivity contribution < 1.29 is 14.5 Å². The Hall–Kier alpha value is -3.53. The van der Waals surface area contributed by atoms with Crippen LogP contribution in [-0.2, 0) is 6.42 Å². The van der Waals surface area contributed by atoms with Gasteiger partial charge in [-0.15, -0.1) is 0 Å². The molecule has 0 saturated carbocycles. The number of rotatable bonds is 6. The van der Waals surface area contributed by atoms with E-state index in [1.807, 2.05) is 31.2 Å². The molecule has 9 nitrogen and oxygen atoms in total. The van der Waals surface area contributed by atoms with Crippen molar-refractivity contribution in [1.82, 2.24) is 14.3 Å². The Morgan fingerprint density at radius 3 is 2.82 bits per heavy atom. The van der Waals surface area contributed by atoms with E-state index in [2.05, 4.69) is 9.27 Å². The summed E-state index contributed by atoms with van der Waals surface area (Å²) in [7, 11) is 1.64. The number of anilines is 1. The fourth-order valence-electron chi connectivity index (χ4n) is 3.95. The average Bonchev–Trinajstić information content (AvgIpc) is 3.27. The van der Waals surface area contributed by atoms with Gasteiger partial charge in [0.1, 0.15) is 11.6 Å². The van der Waals surface area contributed by atoms with Crippen LogP contribution in [0.5, 0.6) is 5.75 Å². The number of carbonyl (C=O) groups is 1. The summed E-state index contributed by atoms with van der Waals surface area (Å²) in [5.74, 6) is 1.36. The molecule has 1 atom stereocenters. The van der Waals surface area contributed by atoms with Crippen molar-refractivity contribution in [1.29, 1.82) is 0 Å². The minimum Gasteiger partial charge on any atom is -0.497 e. The number of carbonyl (C=O) groups excluding carboxylic acids is 1. The third-order valence-corrected chi connectivity index (χ3v) is 6.58. The van der Waals surface area contributed by atoms with Gasteiger partial charge in [0.2, 0.25) is 5.13 Å². The Bertz CT molecular complexity index is 1180. The van der Waals surface area contributed by atoms with Gasteiger partial charge in [0.15, 0.2) is 0 Å². The maximum Gasteiger partial charge on any atom is 0.273 e. The smallest absolute Gasteiger partial charge is 0.273 e. The highest BCUT2D eigenvalue weighted by molar-refractivity contribution is 7.09. The number of ether oxygens (including phenoxy) is 1. The zero-order chi connectivity index (χ0) is 23.5. The maximum atomic E-state index is 13.0. The molecule has 33 heavy (non-hydrogen) atoms. The number of hydrogen-bond donors (Lipinski definition) is 0. The molecule has 10 heteroatoms. The molecule has 1 aromatic heterocycles. The lowest BCUT2D eigenvalue weighted by Crippen LogP contribution is -2.54. The summed E-state index contributed by atoms with van der Waals surface area (Å²) >= 11 is 1.36. The van der Waals surface area contributed by atoms with Crippen LogP contribution in [0.15, 0.2) is 42.5 Å². The lowest BCUT2D eigenvalue weighted by atomic mass is 10.1. The van der Waals surface area contributed by atoms with Crippen LogP contribution in [-0.4, -0.2) is 57.9 Å². The van der Waals surface area contributed by atoms with Crippen molar-refractivity contribution in [2.75, 3.05) is 31.6 Å². The summed E-state index contributed by atoms with van der Waals surface area (Å²) < 4.78 is 9.79. The van der Waals surface area contributed by atoms with Crippen molar-refractivity contribution in [3.8, 4) is 5.75 Å². The van der Waals surface area contributed by atoms with E-state index in [-0.39, 0.29) is 17.6 Å². The average molecular weight is 468 g/mol. The molecule has 0 spiro atoms. The maximum absolute atomic E-state index is 13.0. The molecule has 1 aliphatic heterocycles. The molecule has 1 amide bonds. The van der Waals surface area contributed by atoms with Gasteiger partial charge in [0.25, 0.3) is 11.6 Å². The number of methoxy groups -OCH3 is 1. The summed E-state index contributed by atoms with van der Waals surface area (Å²) in [6.07, 6.45) is 0.619. The summed E-state index contributed by atoms with van der Waals surface area (Å²) in [5.41, 5.74) is 1.92. The van der Waals surface area contributed by atoms with Gasteiger partial charge in [-0.2, -0.15) is 4.37 Å².